The fourth-order valence-electron chi connectivity index (χ4n) is 5.88. The Hall–Kier alpha value is -5.15. The van der Waals surface area contributed by atoms with Crippen LogP contribution in [0.4, 0.5) is 0 Å². The van der Waals surface area contributed by atoms with Crippen LogP contribution in [0.5, 0.6) is 0 Å². The van der Waals surface area contributed by atoms with Gasteiger partial charge in [0.2, 0.25) is 0 Å². The lowest BCUT2D eigenvalue weighted by molar-refractivity contribution is 1.33. The average Bonchev–Trinajstić information content (AvgIpc) is 3.01. The number of hydrogen-bond donors (Lipinski definition) is 0. The Kier molecular flexibility index (Phi) is 4.52. The summed E-state index contributed by atoms with van der Waals surface area (Å²) in [5.74, 6) is 0. The van der Waals surface area contributed by atoms with Crippen LogP contribution in [-0.4, -0.2) is 15.0 Å². The molecule has 0 saturated heterocycles. The van der Waals surface area contributed by atoms with Gasteiger partial charge in [0.1, 0.15) is 0 Å². The first kappa shape index (κ1) is 21.0. The van der Waals surface area contributed by atoms with Crippen LogP contribution in [0.2, 0.25) is 0 Å². The smallest absolute Gasteiger partial charge is 0.0794 e. The highest BCUT2D eigenvalue weighted by Gasteiger charge is 2.17. The van der Waals surface area contributed by atoms with Crippen molar-refractivity contribution in [2.24, 2.45) is 0 Å². The van der Waals surface area contributed by atoms with Gasteiger partial charge >= 0.3 is 0 Å². The van der Waals surface area contributed by atoms with Crippen molar-refractivity contribution in [3.8, 4) is 22.4 Å². The van der Waals surface area contributed by atoms with Gasteiger partial charge in [-0.05, 0) is 52.1 Å². The van der Waals surface area contributed by atoms with E-state index >= 15 is 0 Å². The first-order valence-corrected chi connectivity index (χ1v) is 12.8. The summed E-state index contributed by atoms with van der Waals surface area (Å²) in [6, 6.07) is 38.5. The maximum Gasteiger partial charge on any atom is 0.0794 e. The van der Waals surface area contributed by atoms with E-state index in [1.165, 1.54) is 26.9 Å². The number of pyridine rings is 3. The molecule has 5 aromatic carbocycles. The third-order valence-corrected chi connectivity index (χ3v) is 7.55. The lowest BCUT2D eigenvalue weighted by Gasteiger charge is -2.16. The largest absolute Gasteiger partial charge is 0.264 e. The minimum absolute atomic E-state index is 0.955. The van der Waals surface area contributed by atoms with Gasteiger partial charge in [-0.15, -0.1) is 0 Å². The van der Waals surface area contributed by atoms with Gasteiger partial charge in [-0.3, -0.25) is 9.97 Å². The maximum absolute atomic E-state index is 5.31. The predicted octanol–water partition coefficient (Wildman–Crippen LogP) is 8.97. The van der Waals surface area contributed by atoms with Crippen molar-refractivity contribution >= 4 is 54.1 Å². The van der Waals surface area contributed by atoms with Gasteiger partial charge < -0.3 is 0 Å². The van der Waals surface area contributed by atoms with E-state index in [0.29, 0.717) is 0 Å². The van der Waals surface area contributed by atoms with Gasteiger partial charge in [0, 0.05) is 56.6 Å². The molecular formula is C35H21N3. The van der Waals surface area contributed by atoms with Gasteiger partial charge in [-0.2, -0.15) is 0 Å². The molecule has 0 radical (unpaired) electrons. The number of aromatic nitrogens is 3. The van der Waals surface area contributed by atoms with Crippen LogP contribution in [-0.2, 0) is 0 Å². The second-order valence-electron chi connectivity index (χ2n) is 9.66. The van der Waals surface area contributed by atoms with Crippen LogP contribution in [0.1, 0.15) is 0 Å². The van der Waals surface area contributed by atoms with Crippen LogP contribution >= 0.6 is 0 Å². The highest BCUT2D eigenvalue weighted by molar-refractivity contribution is 6.38. The molecule has 0 fully saturated rings. The Morgan fingerprint density at radius 3 is 1.84 bits per heavy atom. The van der Waals surface area contributed by atoms with Crippen LogP contribution < -0.4 is 0 Å². The summed E-state index contributed by atoms with van der Waals surface area (Å²) in [4.78, 5) is 14.4. The number of nitrogens with zero attached hydrogens (tertiary/aromatic N) is 3. The van der Waals surface area contributed by atoms with Crippen molar-refractivity contribution in [3.63, 3.8) is 0 Å². The molecule has 3 aromatic heterocycles. The molecule has 8 rings (SSSR count). The Balaban J connectivity index is 1.50. The van der Waals surface area contributed by atoms with Crippen molar-refractivity contribution < 1.29 is 0 Å². The van der Waals surface area contributed by atoms with Crippen molar-refractivity contribution in [1.29, 1.82) is 0 Å². The van der Waals surface area contributed by atoms with Crippen LogP contribution in [0, 0.1) is 0 Å². The molecule has 176 valence electrons. The Morgan fingerprint density at radius 2 is 1.05 bits per heavy atom. The first-order valence-electron chi connectivity index (χ1n) is 12.8. The Morgan fingerprint density at radius 1 is 0.421 bits per heavy atom. The van der Waals surface area contributed by atoms with E-state index in [1.807, 2.05) is 24.5 Å². The number of benzene rings is 5. The molecule has 0 aliphatic heterocycles. The molecule has 0 atom stereocenters. The van der Waals surface area contributed by atoms with Gasteiger partial charge in [-0.1, -0.05) is 78.9 Å². The van der Waals surface area contributed by atoms with Crippen molar-refractivity contribution in [1.82, 2.24) is 15.0 Å². The molecule has 0 saturated carbocycles. The van der Waals surface area contributed by atoms with Gasteiger partial charge in [0.05, 0.1) is 16.7 Å². The summed E-state index contributed by atoms with van der Waals surface area (Å²) in [6.45, 7) is 0. The SMILES string of the molecule is c1cncc(-c2cccc(-c3ccc4c(n3)c3ccccc3c3c5ccccc5c5ncccc5c43)c2)c1. The zero-order chi connectivity index (χ0) is 25.1. The van der Waals surface area contributed by atoms with E-state index in [2.05, 4.69) is 102 Å². The molecular weight excluding hydrogens is 462 g/mol. The van der Waals surface area contributed by atoms with Crippen LogP contribution in [0.15, 0.2) is 128 Å². The summed E-state index contributed by atoms with van der Waals surface area (Å²) >= 11 is 0. The molecule has 3 heterocycles. The Labute approximate surface area is 219 Å². The van der Waals surface area contributed by atoms with Crippen molar-refractivity contribution in [2.45, 2.75) is 0 Å². The summed E-state index contributed by atoms with van der Waals surface area (Å²) in [5, 5.41) is 9.55. The summed E-state index contributed by atoms with van der Waals surface area (Å²) in [7, 11) is 0. The topological polar surface area (TPSA) is 38.7 Å². The maximum atomic E-state index is 5.31. The van der Waals surface area contributed by atoms with E-state index in [1.54, 1.807) is 6.20 Å². The third kappa shape index (κ3) is 3.06. The van der Waals surface area contributed by atoms with E-state index in [9.17, 15) is 0 Å². The zero-order valence-corrected chi connectivity index (χ0v) is 20.5. The molecule has 0 spiro atoms. The number of rotatable bonds is 2. The quantitative estimate of drug-likeness (QED) is 0.230. The van der Waals surface area contributed by atoms with Crippen LogP contribution in [0.3, 0.4) is 0 Å². The van der Waals surface area contributed by atoms with Gasteiger partial charge in [0.25, 0.3) is 0 Å². The molecule has 38 heavy (non-hydrogen) atoms. The molecule has 0 aliphatic carbocycles. The van der Waals surface area contributed by atoms with E-state index in [0.717, 1.165) is 49.6 Å². The van der Waals surface area contributed by atoms with E-state index < -0.39 is 0 Å². The average molecular weight is 484 g/mol. The molecule has 3 heteroatoms. The molecule has 8 aromatic rings. The first-order chi connectivity index (χ1) is 18.9. The van der Waals surface area contributed by atoms with E-state index in [4.69, 9.17) is 9.97 Å². The standard InChI is InChI=1S/C35H21N3/c1-3-13-27-25(11-1)32-26-12-2-4-14-28(26)35-30(33(32)29-15-7-19-37-34(27)29)16-17-31(38-35)23-9-5-8-22(20-23)24-10-6-18-36-21-24/h1-21H. The minimum atomic E-state index is 0.955. The summed E-state index contributed by atoms with van der Waals surface area (Å²) < 4.78 is 0. The highest BCUT2D eigenvalue weighted by atomic mass is 14.7. The normalized spacial score (nSPS) is 11.7. The van der Waals surface area contributed by atoms with Crippen LogP contribution in [0.25, 0.3) is 76.5 Å². The van der Waals surface area contributed by atoms with E-state index in [-0.39, 0.29) is 0 Å². The van der Waals surface area contributed by atoms with Crippen molar-refractivity contribution in [3.05, 3.63) is 128 Å². The predicted molar refractivity (Wildman–Crippen MR) is 158 cm³/mol. The Bertz CT molecular complexity index is 2180. The van der Waals surface area contributed by atoms with Gasteiger partial charge in [0.15, 0.2) is 0 Å². The third-order valence-electron chi connectivity index (χ3n) is 7.55. The summed E-state index contributed by atoms with van der Waals surface area (Å²) in [6.07, 6.45) is 5.58. The highest BCUT2D eigenvalue weighted by Crippen LogP contribution is 2.43. The second kappa shape index (κ2) is 8.19. The molecule has 0 amide bonds. The molecule has 3 nitrogen and oxygen atoms in total. The molecule has 0 bridgehead atoms. The molecule has 0 unspecified atom stereocenters. The second-order valence-corrected chi connectivity index (χ2v) is 9.66. The van der Waals surface area contributed by atoms with Crippen molar-refractivity contribution in [2.75, 3.05) is 0 Å². The zero-order valence-electron chi connectivity index (χ0n) is 20.5. The lowest BCUT2D eigenvalue weighted by Crippen LogP contribution is -1.92. The number of hydrogen-bond acceptors (Lipinski definition) is 3. The van der Waals surface area contributed by atoms with Gasteiger partial charge in [-0.25, -0.2) is 4.98 Å². The monoisotopic (exact) mass is 483 g/mol. The summed E-state index contributed by atoms with van der Waals surface area (Å²) in [5.41, 5.74) is 6.30. The molecule has 0 N–H and O–H groups in total. The lowest BCUT2D eigenvalue weighted by atomic mass is 9.90. The fourth-order valence-corrected chi connectivity index (χ4v) is 5.88. The fraction of sp³-hybridized carbons (Fsp3) is 0. The number of fused-ring (bicyclic) bond motifs is 11. The molecule has 0 aliphatic rings. The minimum Gasteiger partial charge on any atom is -0.264 e.